The first-order valence-electron chi connectivity index (χ1n) is 7.04. The summed E-state index contributed by atoms with van der Waals surface area (Å²) in [5.41, 5.74) is 7.69. The van der Waals surface area contributed by atoms with Crippen molar-refractivity contribution in [3.05, 3.63) is 17.7 Å². The molecule has 5 nitrogen and oxygen atoms in total. The maximum Gasteiger partial charge on any atom is 0.238 e. The summed E-state index contributed by atoms with van der Waals surface area (Å²) in [6.07, 6.45) is 5.07. The highest BCUT2D eigenvalue weighted by molar-refractivity contribution is 7.89. The van der Waals surface area contributed by atoms with E-state index in [4.69, 9.17) is 10.9 Å². The van der Waals surface area contributed by atoms with E-state index in [1.165, 1.54) is 31.7 Å². The molecule has 3 unspecified atom stereocenters. The summed E-state index contributed by atoms with van der Waals surface area (Å²) in [6.45, 7) is 1.77. The Kier molecular flexibility index (Phi) is 3.17. The summed E-state index contributed by atoms with van der Waals surface area (Å²) in [6, 6.07) is 3.66. The van der Waals surface area contributed by atoms with Gasteiger partial charge in [0.25, 0.3) is 0 Å². The van der Waals surface area contributed by atoms with Crippen LogP contribution in [0, 0.1) is 18.8 Å². The number of primary sulfonamides is 1. The van der Waals surface area contributed by atoms with Crippen LogP contribution in [-0.2, 0) is 10.0 Å². The molecule has 0 amide bonds. The molecule has 6 heteroatoms. The average molecular weight is 295 g/mol. The molecular formula is C14H21N3O2S. The van der Waals surface area contributed by atoms with Gasteiger partial charge in [-0.2, -0.15) is 0 Å². The molecule has 0 aliphatic heterocycles. The Hall–Kier alpha value is -1.27. The second-order valence-corrected chi connectivity index (χ2v) is 7.69. The zero-order valence-electron chi connectivity index (χ0n) is 11.6. The number of hydrogen-bond donors (Lipinski definition) is 3. The Morgan fingerprint density at radius 3 is 2.55 bits per heavy atom. The number of fused-ring (bicyclic) bond motifs is 2. The van der Waals surface area contributed by atoms with Gasteiger partial charge in [0.1, 0.15) is 0 Å². The number of hydrogen-bond acceptors (Lipinski definition) is 4. The maximum absolute atomic E-state index is 11.6. The zero-order chi connectivity index (χ0) is 14.5. The smallest absolute Gasteiger partial charge is 0.238 e. The number of nitrogens with two attached hydrogens (primary N) is 2. The van der Waals surface area contributed by atoms with Gasteiger partial charge in [0.2, 0.25) is 10.0 Å². The quantitative estimate of drug-likeness (QED) is 0.741. The lowest BCUT2D eigenvalue weighted by Crippen LogP contribution is -2.26. The molecule has 0 spiro atoms. The van der Waals surface area contributed by atoms with Crippen LogP contribution < -0.4 is 16.2 Å². The van der Waals surface area contributed by atoms with Gasteiger partial charge in [-0.25, -0.2) is 13.6 Å². The maximum atomic E-state index is 11.6. The molecule has 5 N–H and O–H groups in total. The van der Waals surface area contributed by atoms with Gasteiger partial charge in [0.15, 0.2) is 0 Å². The highest BCUT2D eigenvalue weighted by atomic mass is 32.2. The molecule has 1 aromatic rings. The number of benzene rings is 1. The predicted octanol–water partition coefficient (Wildman–Crippen LogP) is 1.83. The molecule has 3 atom stereocenters. The lowest BCUT2D eigenvalue weighted by molar-refractivity contribution is 0.439. The van der Waals surface area contributed by atoms with Crippen LogP contribution in [0.5, 0.6) is 0 Å². The molecule has 2 aliphatic rings. The fourth-order valence-electron chi connectivity index (χ4n) is 3.78. The van der Waals surface area contributed by atoms with Crippen LogP contribution in [0.15, 0.2) is 17.0 Å². The van der Waals surface area contributed by atoms with Crippen molar-refractivity contribution in [1.82, 2.24) is 0 Å². The van der Waals surface area contributed by atoms with Gasteiger partial charge in [-0.15, -0.1) is 0 Å². The minimum atomic E-state index is -3.74. The standard InChI is InChI=1S/C14H21N3O2S/c1-8-12(6-11(15)7-14(8)20(16,18)19)17-13-5-9-2-3-10(13)4-9/h6-7,9-10,13,17H,2-5,15H2,1H3,(H2,16,18,19). The van der Waals surface area contributed by atoms with Crippen molar-refractivity contribution < 1.29 is 8.42 Å². The molecule has 0 heterocycles. The number of rotatable bonds is 3. The van der Waals surface area contributed by atoms with E-state index in [1.54, 1.807) is 13.0 Å². The monoisotopic (exact) mass is 295 g/mol. The van der Waals surface area contributed by atoms with Crippen molar-refractivity contribution in [3.8, 4) is 0 Å². The third-order valence-electron chi connectivity index (χ3n) is 4.77. The summed E-state index contributed by atoms with van der Waals surface area (Å²) >= 11 is 0. The van der Waals surface area contributed by atoms with Crippen molar-refractivity contribution in [1.29, 1.82) is 0 Å². The largest absolute Gasteiger partial charge is 0.399 e. The topological polar surface area (TPSA) is 98.2 Å². The minimum absolute atomic E-state index is 0.114. The third-order valence-corrected chi connectivity index (χ3v) is 5.80. The van der Waals surface area contributed by atoms with Crippen molar-refractivity contribution in [2.24, 2.45) is 17.0 Å². The molecule has 2 fully saturated rings. The zero-order valence-corrected chi connectivity index (χ0v) is 12.4. The molecule has 1 aromatic carbocycles. The predicted molar refractivity (Wildman–Crippen MR) is 79.8 cm³/mol. The molecule has 2 aliphatic carbocycles. The Labute approximate surface area is 119 Å². The van der Waals surface area contributed by atoms with E-state index in [2.05, 4.69) is 5.32 Å². The number of nitrogen functional groups attached to an aromatic ring is 1. The van der Waals surface area contributed by atoms with Crippen LogP contribution in [0.2, 0.25) is 0 Å². The Balaban J connectivity index is 1.92. The Morgan fingerprint density at radius 1 is 1.25 bits per heavy atom. The van der Waals surface area contributed by atoms with Crippen molar-refractivity contribution in [2.45, 2.75) is 43.5 Å². The molecule has 2 saturated carbocycles. The van der Waals surface area contributed by atoms with Crippen LogP contribution in [0.3, 0.4) is 0 Å². The summed E-state index contributed by atoms with van der Waals surface area (Å²) in [5.74, 6) is 1.54. The molecule has 110 valence electrons. The van der Waals surface area contributed by atoms with E-state index in [1.807, 2.05) is 0 Å². The highest BCUT2D eigenvalue weighted by Crippen LogP contribution is 2.46. The van der Waals surface area contributed by atoms with Gasteiger partial charge >= 0.3 is 0 Å². The lowest BCUT2D eigenvalue weighted by atomic mass is 9.95. The van der Waals surface area contributed by atoms with Crippen molar-refractivity contribution in [3.63, 3.8) is 0 Å². The van der Waals surface area contributed by atoms with Crippen molar-refractivity contribution >= 4 is 21.4 Å². The summed E-state index contributed by atoms with van der Waals surface area (Å²) in [7, 11) is -3.74. The van der Waals surface area contributed by atoms with Crippen LogP contribution in [-0.4, -0.2) is 14.5 Å². The molecule has 20 heavy (non-hydrogen) atoms. The van der Waals surface area contributed by atoms with Gasteiger partial charge in [-0.1, -0.05) is 6.42 Å². The fraction of sp³-hybridized carbons (Fsp3) is 0.571. The van der Waals surface area contributed by atoms with Gasteiger partial charge in [0.05, 0.1) is 4.90 Å². The third kappa shape index (κ3) is 2.38. The van der Waals surface area contributed by atoms with Crippen LogP contribution in [0.4, 0.5) is 11.4 Å². The average Bonchev–Trinajstić information content (AvgIpc) is 2.94. The van der Waals surface area contributed by atoms with Gasteiger partial charge in [-0.3, -0.25) is 0 Å². The molecule has 3 rings (SSSR count). The SMILES string of the molecule is Cc1c(NC2CC3CCC2C3)cc(N)cc1S(N)(=O)=O. The second kappa shape index (κ2) is 4.63. The fourth-order valence-corrected chi connectivity index (χ4v) is 4.61. The van der Waals surface area contributed by atoms with Crippen LogP contribution in [0.1, 0.15) is 31.2 Å². The second-order valence-electron chi connectivity index (χ2n) is 6.16. The van der Waals surface area contributed by atoms with E-state index < -0.39 is 10.0 Å². The molecule has 0 saturated heterocycles. The molecule has 0 aromatic heterocycles. The first-order valence-corrected chi connectivity index (χ1v) is 8.58. The van der Waals surface area contributed by atoms with Gasteiger partial charge in [0, 0.05) is 17.4 Å². The Morgan fingerprint density at radius 2 is 2.00 bits per heavy atom. The minimum Gasteiger partial charge on any atom is -0.399 e. The normalized spacial score (nSPS) is 28.8. The number of anilines is 2. The highest BCUT2D eigenvalue weighted by Gasteiger charge is 2.39. The summed E-state index contributed by atoms with van der Waals surface area (Å²) in [5, 5.41) is 8.75. The molecular weight excluding hydrogens is 274 g/mol. The summed E-state index contributed by atoms with van der Waals surface area (Å²) in [4.78, 5) is 0.114. The van der Waals surface area contributed by atoms with E-state index in [-0.39, 0.29) is 4.90 Å². The number of nitrogens with one attached hydrogen (secondary N) is 1. The van der Waals surface area contributed by atoms with E-state index >= 15 is 0 Å². The lowest BCUT2D eigenvalue weighted by Gasteiger charge is -2.25. The molecule has 2 bridgehead atoms. The van der Waals surface area contributed by atoms with Gasteiger partial charge < -0.3 is 11.1 Å². The van der Waals surface area contributed by atoms with Gasteiger partial charge in [-0.05, 0) is 55.7 Å². The van der Waals surface area contributed by atoms with E-state index in [0.717, 1.165) is 11.6 Å². The van der Waals surface area contributed by atoms with E-state index in [0.29, 0.717) is 23.2 Å². The first-order chi connectivity index (χ1) is 9.34. The summed E-state index contributed by atoms with van der Waals surface area (Å²) < 4.78 is 23.2. The van der Waals surface area contributed by atoms with Crippen LogP contribution in [0.25, 0.3) is 0 Å². The van der Waals surface area contributed by atoms with E-state index in [9.17, 15) is 8.42 Å². The number of sulfonamides is 1. The first kappa shape index (κ1) is 13.7. The molecule has 0 radical (unpaired) electrons. The Bertz CT molecular complexity index is 642. The van der Waals surface area contributed by atoms with Crippen LogP contribution >= 0.6 is 0 Å². The van der Waals surface area contributed by atoms with Crippen molar-refractivity contribution in [2.75, 3.05) is 11.1 Å².